The Kier molecular flexibility index (Phi) is 4.98. The number of aromatic nitrogens is 3. The van der Waals surface area contributed by atoms with E-state index in [0.29, 0.717) is 0 Å². The predicted molar refractivity (Wildman–Crippen MR) is 156 cm³/mol. The second kappa shape index (κ2) is 8.42. The number of pyridine rings is 1. The molecule has 0 unspecified atom stereocenters. The molecule has 0 bridgehead atoms. The molecular formula is C34H27N3O. The molecule has 4 nitrogen and oxygen atoms in total. The van der Waals surface area contributed by atoms with Crippen molar-refractivity contribution >= 4 is 33.1 Å². The summed E-state index contributed by atoms with van der Waals surface area (Å²) in [4.78, 5) is 9.80. The first-order valence-electron chi connectivity index (χ1n) is 12.9. The zero-order chi connectivity index (χ0) is 25.9. The Morgan fingerprint density at radius 1 is 0.711 bits per heavy atom. The average molecular weight is 494 g/mol. The maximum absolute atomic E-state index is 6.61. The second-order valence-corrected chi connectivity index (χ2v) is 10.7. The highest BCUT2D eigenvalue weighted by atomic mass is 16.3. The van der Waals surface area contributed by atoms with E-state index in [1.165, 1.54) is 11.1 Å². The maximum Gasteiger partial charge on any atom is 0.178 e. The number of imidazole rings is 1. The fourth-order valence-electron chi connectivity index (χ4n) is 5.40. The summed E-state index contributed by atoms with van der Waals surface area (Å²) in [5.41, 5.74) is 8.87. The lowest BCUT2D eigenvalue weighted by atomic mass is 9.87. The van der Waals surface area contributed by atoms with Crippen molar-refractivity contribution in [2.75, 3.05) is 0 Å². The minimum absolute atomic E-state index is 0.0791. The van der Waals surface area contributed by atoms with Crippen LogP contribution in [0, 0.1) is 0 Å². The zero-order valence-electron chi connectivity index (χ0n) is 21.6. The molecule has 0 amide bonds. The average Bonchev–Trinajstić information content (AvgIpc) is 3.51. The highest BCUT2D eigenvalue weighted by Gasteiger charge is 2.25. The van der Waals surface area contributed by atoms with Crippen LogP contribution in [-0.2, 0) is 5.41 Å². The minimum Gasteiger partial charge on any atom is -0.455 e. The summed E-state index contributed by atoms with van der Waals surface area (Å²) in [6.07, 6.45) is 1.86. The van der Waals surface area contributed by atoms with Gasteiger partial charge in [-0.1, -0.05) is 87.5 Å². The van der Waals surface area contributed by atoms with Crippen LogP contribution in [0.5, 0.6) is 0 Å². The van der Waals surface area contributed by atoms with E-state index in [4.69, 9.17) is 14.4 Å². The number of furan rings is 1. The van der Waals surface area contributed by atoms with E-state index < -0.39 is 0 Å². The molecule has 0 aliphatic rings. The molecule has 7 rings (SSSR count). The van der Waals surface area contributed by atoms with E-state index in [0.717, 1.165) is 55.7 Å². The topological polar surface area (TPSA) is 43.9 Å². The Morgan fingerprint density at radius 3 is 2.24 bits per heavy atom. The first-order chi connectivity index (χ1) is 18.5. The molecule has 3 heterocycles. The molecule has 0 fully saturated rings. The maximum atomic E-state index is 6.61. The molecule has 4 heteroatoms. The van der Waals surface area contributed by atoms with E-state index in [2.05, 4.69) is 116 Å². The van der Waals surface area contributed by atoms with Crippen molar-refractivity contribution in [3.63, 3.8) is 0 Å². The Balaban J connectivity index is 1.53. The molecule has 0 N–H and O–H groups in total. The monoisotopic (exact) mass is 493 g/mol. The molecule has 0 aliphatic heterocycles. The van der Waals surface area contributed by atoms with Crippen LogP contribution in [-0.4, -0.2) is 14.5 Å². The summed E-state index contributed by atoms with van der Waals surface area (Å²) < 4.78 is 8.85. The van der Waals surface area contributed by atoms with Crippen LogP contribution in [0.25, 0.3) is 61.3 Å². The van der Waals surface area contributed by atoms with Gasteiger partial charge in [0.25, 0.3) is 0 Å². The van der Waals surface area contributed by atoms with Gasteiger partial charge in [0.15, 0.2) is 11.5 Å². The van der Waals surface area contributed by atoms with Crippen LogP contribution < -0.4 is 0 Å². The number of hydrogen-bond donors (Lipinski definition) is 0. The Labute approximate surface area is 221 Å². The first kappa shape index (κ1) is 22.5. The molecular weight excluding hydrogens is 466 g/mol. The van der Waals surface area contributed by atoms with Crippen molar-refractivity contribution in [1.82, 2.24) is 14.5 Å². The predicted octanol–water partition coefficient (Wildman–Crippen LogP) is 8.95. The summed E-state index contributed by atoms with van der Waals surface area (Å²) >= 11 is 0. The van der Waals surface area contributed by atoms with Crippen molar-refractivity contribution in [3.8, 4) is 28.2 Å². The van der Waals surface area contributed by atoms with Crippen LogP contribution in [0.1, 0.15) is 26.3 Å². The lowest BCUT2D eigenvalue weighted by Gasteiger charge is -2.21. The highest BCUT2D eigenvalue weighted by Crippen LogP contribution is 2.40. The third-order valence-electron chi connectivity index (χ3n) is 7.22. The zero-order valence-corrected chi connectivity index (χ0v) is 21.6. The SMILES string of the molecule is CC(C)(C)c1ccnc2nc(-c3cccc4c3oc3cc(-c5ccccc5)ccc34)n(-c3ccccc3)c12. The number of nitrogens with zero attached hydrogens (tertiary/aromatic N) is 3. The van der Waals surface area contributed by atoms with Crippen LogP contribution in [0.2, 0.25) is 0 Å². The molecule has 0 spiro atoms. The number of rotatable bonds is 3. The van der Waals surface area contributed by atoms with Crippen molar-refractivity contribution in [2.45, 2.75) is 26.2 Å². The molecule has 3 aromatic heterocycles. The third kappa shape index (κ3) is 3.52. The summed E-state index contributed by atoms with van der Waals surface area (Å²) in [7, 11) is 0. The molecule has 0 saturated carbocycles. The quantitative estimate of drug-likeness (QED) is 0.247. The molecule has 0 radical (unpaired) electrons. The van der Waals surface area contributed by atoms with Gasteiger partial charge in [0.2, 0.25) is 0 Å². The van der Waals surface area contributed by atoms with Gasteiger partial charge in [0, 0.05) is 22.7 Å². The van der Waals surface area contributed by atoms with Crippen LogP contribution >= 0.6 is 0 Å². The van der Waals surface area contributed by atoms with Gasteiger partial charge in [-0.05, 0) is 58.5 Å². The van der Waals surface area contributed by atoms with Gasteiger partial charge in [0.05, 0.1) is 11.1 Å². The van der Waals surface area contributed by atoms with E-state index in [-0.39, 0.29) is 5.41 Å². The lowest BCUT2D eigenvalue weighted by Crippen LogP contribution is -2.13. The largest absolute Gasteiger partial charge is 0.455 e. The summed E-state index contributed by atoms with van der Waals surface area (Å²) in [6, 6.07) is 35.7. The second-order valence-electron chi connectivity index (χ2n) is 10.7. The molecule has 0 atom stereocenters. The van der Waals surface area contributed by atoms with Gasteiger partial charge in [-0.2, -0.15) is 0 Å². The minimum atomic E-state index is -0.0791. The smallest absolute Gasteiger partial charge is 0.178 e. The lowest BCUT2D eigenvalue weighted by molar-refractivity contribution is 0.593. The number of para-hydroxylation sites is 2. The van der Waals surface area contributed by atoms with Gasteiger partial charge in [0.1, 0.15) is 11.2 Å². The molecule has 38 heavy (non-hydrogen) atoms. The number of benzene rings is 4. The van der Waals surface area contributed by atoms with Crippen molar-refractivity contribution in [1.29, 1.82) is 0 Å². The number of fused-ring (bicyclic) bond motifs is 4. The van der Waals surface area contributed by atoms with Crippen molar-refractivity contribution in [2.24, 2.45) is 0 Å². The van der Waals surface area contributed by atoms with Gasteiger partial charge in [-0.3, -0.25) is 4.57 Å². The summed E-state index contributed by atoms with van der Waals surface area (Å²) in [6.45, 7) is 6.69. The third-order valence-corrected chi connectivity index (χ3v) is 7.22. The van der Waals surface area contributed by atoms with Gasteiger partial charge in [-0.15, -0.1) is 0 Å². The van der Waals surface area contributed by atoms with Crippen molar-refractivity contribution < 1.29 is 4.42 Å². The fourth-order valence-corrected chi connectivity index (χ4v) is 5.40. The molecule has 184 valence electrons. The summed E-state index contributed by atoms with van der Waals surface area (Å²) in [5, 5.41) is 2.17. The molecule has 0 saturated heterocycles. The summed E-state index contributed by atoms with van der Waals surface area (Å²) in [5.74, 6) is 0.823. The first-order valence-corrected chi connectivity index (χ1v) is 12.9. The van der Waals surface area contributed by atoms with E-state index in [1.807, 2.05) is 18.3 Å². The van der Waals surface area contributed by atoms with Gasteiger partial charge >= 0.3 is 0 Å². The molecule has 7 aromatic rings. The normalized spacial score (nSPS) is 12.1. The van der Waals surface area contributed by atoms with E-state index in [9.17, 15) is 0 Å². The Morgan fingerprint density at radius 2 is 1.47 bits per heavy atom. The highest BCUT2D eigenvalue weighted by molar-refractivity contribution is 6.10. The number of hydrogen-bond acceptors (Lipinski definition) is 3. The van der Waals surface area contributed by atoms with E-state index in [1.54, 1.807) is 0 Å². The standard InChI is InChI=1S/C34H27N3O/c1-34(2,3)28-19-20-35-32-30(28)37(24-13-8-5-9-14-24)33(36-32)27-16-10-15-26-25-18-17-23(21-29(25)38-31(26)27)22-11-6-4-7-12-22/h4-21H,1-3H3. The van der Waals surface area contributed by atoms with Gasteiger partial charge in [-0.25, -0.2) is 9.97 Å². The van der Waals surface area contributed by atoms with Crippen molar-refractivity contribution in [3.05, 3.63) is 115 Å². The van der Waals surface area contributed by atoms with Crippen LogP contribution in [0.3, 0.4) is 0 Å². The van der Waals surface area contributed by atoms with Crippen LogP contribution in [0.4, 0.5) is 0 Å². The van der Waals surface area contributed by atoms with E-state index >= 15 is 0 Å². The Hall–Kier alpha value is -4.70. The molecule has 4 aromatic carbocycles. The Bertz CT molecular complexity index is 1940. The van der Waals surface area contributed by atoms with Gasteiger partial charge < -0.3 is 4.42 Å². The molecule has 0 aliphatic carbocycles. The van der Waals surface area contributed by atoms with Crippen LogP contribution in [0.15, 0.2) is 114 Å². The fraction of sp³-hybridized carbons (Fsp3) is 0.118.